The number of anilines is 1. The van der Waals surface area contributed by atoms with Crippen molar-refractivity contribution in [1.82, 2.24) is 0 Å². The molecule has 1 saturated carbocycles. The Hall–Kier alpha value is -2.64. The predicted molar refractivity (Wildman–Crippen MR) is 136 cm³/mol. The number of benzene rings is 3. The first-order chi connectivity index (χ1) is 15.8. The monoisotopic (exact) mass is 483 g/mol. The molecule has 174 valence electrons. The van der Waals surface area contributed by atoms with E-state index < -0.39 is 10.0 Å². The van der Waals surface area contributed by atoms with Crippen LogP contribution in [0.5, 0.6) is 5.75 Å². The second-order valence-electron chi connectivity index (χ2n) is 8.54. The van der Waals surface area contributed by atoms with E-state index in [-0.39, 0.29) is 22.2 Å². The van der Waals surface area contributed by atoms with Crippen molar-refractivity contribution in [2.45, 2.75) is 54.2 Å². The SMILES string of the molecule is C=C(O)CSc1cc(NS(=O)(=O)c2cccc(C3CCCCCC3)c2)c2ccccc2c1O. The molecule has 5 nitrogen and oxygen atoms in total. The lowest BCUT2D eigenvalue weighted by atomic mass is 9.92. The number of fused-ring (bicyclic) bond motifs is 1. The molecule has 0 saturated heterocycles. The Morgan fingerprint density at radius 3 is 2.39 bits per heavy atom. The molecule has 33 heavy (non-hydrogen) atoms. The molecule has 0 aromatic heterocycles. The summed E-state index contributed by atoms with van der Waals surface area (Å²) in [5.41, 5.74) is 1.46. The van der Waals surface area contributed by atoms with Crippen molar-refractivity contribution in [3.8, 4) is 5.75 Å². The van der Waals surface area contributed by atoms with Crippen LogP contribution >= 0.6 is 11.8 Å². The molecule has 1 aliphatic rings. The third-order valence-corrected chi connectivity index (χ3v) is 8.58. The van der Waals surface area contributed by atoms with Gasteiger partial charge in [0.05, 0.1) is 27.0 Å². The van der Waals surface area contributed by atoms with Crippen LogP contribution in [0.25, 0.3) is 10.8 Å². The first-order valence-corrected chi connectivity index (χ1v) is 13.7. The largest absolute Gasteiger partial charge is 0.512 e. The van der Waals surface area contributed by atoms with Crippen LogP contribution in [-0.2, 0) is 10.0 Å². The average Bonchev–Trinajstić information content (AvgIpc) is 3.10. The van der Waals surface area contributed by atoms with Gasteiger partial charge >= 0.3 is 0 Å². The van der Waals surface area contributed by atoms with Crippen LogP contribution in [0, 0.1) is 0 Å². The van der Waals surface area contributed by atoms with E-state index in [1.54, 1.807) is 42.5 Å². The molecule has 0 radical (unpaired) electrons. The lowest BCUT2D eigenvalue weighted by Crippen LogP contribution is -2.14. The summed E-state index contributed by atoms with van der Waals surface area (Å²) in [4.78, 5) is 0.702. The molecule has 7 heteroatoms. The number of aliphatic hydroxyl groups excluding tert-OH is 1. The van der Waals surface area contributed by atoms with Crippen LogP contribution in [0.15, 0.2) is 76.7 Å². The van der Waals surface area contributed by atoms with Gasteiger partial charge in [-0.25, -0.2) is 8.42 Å². The molecule has 4 rings (SSSR count). The fourth-order valence-corrected chi connectivity index (χ4v) is 6.34. The fraction of sp³-hybridized carbons (Fsp3) is 0.308. The second-order valence-corrected chi connectivity index (χ2v) is 11.2. The summed E-state index contributed by atoms with van der Waals surface area (Å²) in [6.45, 7) is 3.48. The molecule has 1 fully saturated rings. The van der Waals surface area contributed by atoms with E-state index >= 15 is 0 Å². The molecule has 0 heterocycles. The smallest absolute Gasteiger partial charge is 0.261 e. The lowest BCUT2D eigenvalue weighted by Gasteiger charge is -2.17. The summed E-state index contributed by atoms with van der Waals surface area (Å²) in [5, 5.41) is 21.3. The summed E-state index contributed by atoms with van der Waals surface area (Å²) in [7, 11) is -3.84. The first-order valence-electron chi connectivity index (χ1n) is 11.2. The maximum absolute atomic E-state index is 13.4. The number of hydrogen-bond acceptors (Lipinski definition) is 5. The Morgan fingerprint density at radius 2 is 1.70 bits per heavy atom. The highest BCUT2D eigenvalue weighted by Crippen LogP contribution is 2.41. The normalized spacial score (nSPS) is 15.3. The molecule has 3 aromatic rings. The van der Waals surface area contributed by atoms with Crippen molar-refractivity contribution in [2.24, 2.45) is 0 Å². The zero-order valence-electron chi connectivity index (χ0n) is 18.5. The van der Waals surface area contributed by atoms with E-state index in [9.17, 15) is 18.6 Å². The molecule has 0 bridgehead atoms. The van der Waals surface area contributed by atoms with Crippen LogP contribution < -0.4 is 4.72 Å². The van der Waals surface area contributed by atoms with E-state index in [0.717, 1.165) is 18.4 Å². The highest BCUT2D eigenvalue weighted by Gasteiger charge is 2.21. The lowest BCUT2D eigenvalue weighted by molar-refractivity contribution is 0.420. The van der Waals surface area contributed by atoms with Crippen molar-refractivity contribution in [3.63, 3.8) is 0 Å². The van der Waals surface area contributed by atoms with Gasteiger partial charge in [0.2, 0.25) is 0 Å². The number of aromatic hydroxyl groups is 1. The summed E-state index contributed by atoms with van der Waals surface area (Å²) < 4.78 is 29.5. The highest BCUT2D eigenvalue weighted by molar-refractivity contribution is 7.99. The molecule has 3 N–H and O–H groups in total. The molecule has 0 aliphatic heterocycles. The van der Waals surface area contributed by atoms with Gasteiger partial charge in [0, 0.05) is 10.8 Å². The number of sulfonamides is 1. The van der Waals surface area contributed by atoms with Gasteiger partial charge in [0.1, 0.15) is 5.75 Å². The zero-order valence-corrected chi connectivity index (χ0v) is 20.1. The summed E-state index contributed by atoms with van der Waals surface area (Å²) in [6, 6.07) is 16.0. The minimum atomic E-state index is -3.84. The van der Waals surface area contributed by atoms with Crippen LogP contribution in [0.3, 0.4) is 0 Å². The van der Waals surface area contributed by atoms with Crippen molar-refractivity contribution >= 4 is 38.2 Å². The highest BCUT2D eigenvalue weighted by atomic mass is 32.2. The predicted octanol–water partition coefficient (Wildman–Crippen LogP) is 6.95. The Bertz CT molecular complexity index is 1260. The van der Waals surface area contributed by atoms with Gasteiger partial charge in [-0.05, 0) is 42.5 Å². The van der Waals surface area contributed by atoms with Gasteiger partial charge in [-0.15, -0.1) is 11.8 Å². The summed E-state index contributed by atoms with van der Waals surface area (Å²) in [5.74, 6) is 0.619. The van der Waals surface area contributed by atoms with Crippen LogP contribution in [0.1, 0.15) is 50.0 Å². The summed E-state index contributed by atoms with van der Waals surface area (Å²) >= 11 is 1.19. The van der Waals surface area contributed by atoms with Crippen molar-refractivity contribution in [3.05, 3.63) is 72.5 Å². The van der Waals surface area contributed by atoms with E-state index in [1.807, 2.05) is 12.1 Å². The Balaban J connectivity index is 1.69. The van der Waals surface area contributed by atoms with Gasteiger partial charge < -0.3 is 10.2 Å². The minimum absolute atomic E-state index is 0.0231. The maximum Gasteiger partial charge on any atom is 0.261 e. The Morgan fingerprint density at radius 1 is 1.00 bits per heavy atom. The first kappa shape index (κ1) is 23.5. The molecular formula is C26H29NO4S2. The van der Waals surface area contributed by atoms with E-state index in [4.69, 9.17) is 0 Å². The summed E-state index contributed by atoms with van der Waals surface area (Å²) in [6.07, 6.45) is 7.04. The Labute approximate surface area is 199 Å². The number of hydrogen-bond donors (Lipinski definition) is 3. The topological polar surface area (TPSA) is 86.6 Å². The van der Waals surface area contributed by atoms with Crippen LogP contribution in [-0.4, -0.2) is 24.4 Å². The van der Waals surface area contributed by atoms with Crippen LogP contribution in [0.4, 0.5) is 5.69 Å². The average molecular weight is 484 g/mol. The molecule has 0 spiro atoms. The number of phenols is 1. The van der Waals surface area contributed by atoms with Crippen molar-refractivity contribution in [1.29, 1.82) is 0 Å². The molecule has 0 atom stereocenters. The number of nitrogens with one attached hydrogen (secondary N) is 1. The van der Waals surface area contributed by atoms with Gasteiger partial charge in [-0.1, -0.05) is 68.7 Å². The standard InChI is InChI=1S/C26H29NO4S2/c1-18(28)17-32-25-16-24(22-13-6-7-14-23(22)26(25)29)27-33(30,31)21-12-8-11-20(15-21)19-9-4-2-3-5-10-19/h6-8,11-16,19,27-29H,1-5,9-10,17H2. The van der Waals surface area contributed by atoms with Crippen molar-refractivity contribution < 1.29 is 18.6 Å². The minimum Gasteiger partial charge on any atom is -0.512 e. The van der Waals surface area contributed by atoms with E-state index in [1.165, 1.54) is 37.4 Å². The second kappa shape index (κ2) is 10.1. The Kier molecular flexibility index (Phi) is 7.20. The molecule has 3 aromatic carbocycles. The van der Waals surface area contributed by atoms with Gasteiger partial charge in [-0.2, -0.15) is 0 Å². The number of rotatable bonds is 7. The molecule has 1 aliphatic carbocycles. The number of thioether (sulfide) groups is 1. The quantitative estimate of drug-likeness (QED) is 0.147. The van der Waals surface area contributed by atoms with E-state index in [2.05, 4.69) is 11.3 Å². The van der Waals surface area contributed by atoms with Crippen LogP contribution in [0.2, 0.25) is 0 Å². The molecule has 0 unspecified atom stereocenters. The zero-order chi connectivity index (χ0) is 23.4. The third-order valence-electron chi connectivity index (χ3n) is 6.11. The molecular weight excluding hydrogens is 454 g/mol. The van der Waals surface area contributed by atoms with Gasteiger partial charge in [0.15, 0.2) is 0 Å². The number of phenolic OH excluding ortho intramolecular Hbond substituents is 1. The number of aliphatic hydroxyl groups is 1. The van der Waals surface area contributed by atoms with Gasteiger partial charge in [0.25, 0.3) is 10.0 Å². The van der Waals surface area contributed by atoms with Crippen molar-refractivity contribution in [2.75, 3.05) is 10.5 Å². The maximum atomic E-state index is 13.4. The molecule has 0 amide bonds. The van der Waals surface area contributed by atoms with Gasteiger partial charge in [-0.3, -0.25) is 4.72 Å². The fourth-order valence-electron chi connectivity index (χ4n) is 4.44. The third kappa shape index (κ3) is 5.47. The van der Waals surface area contributed by atoms with E-state index in [0.29, 0.717) is 27.3 Å².